The molecule has 2 rings (SSSR count). The summed E-state index contributed by atoms with van der Waals surface area (Å²) in [4.78, 5) is 23.7. The highest BCUT2D eigenvalue weighted by molar-refractivity contribution is 5.79. The largest absolute Gasteiger partial charge is 0.379 e. The minimum atomic E-state index is -0.475. The summed E-state index contributed by atoms with van der Waals surface area (Å²) < 4.78 is 5.35. The lowest BCUT2D eigenvalue weighted by molar-refractivity contribution is -0.384. The molecule has 0 radical (unpaired) electrons. The average molecular weight is 307 g/mol. The van der Waals surface area contributed by atoms with Gasteiger partial charge in [0.2, 0.25) is 0 Å². The number of rotatable bonds is 6. The maximum Gasteiger partial charge on any atom is 0.293 e. The molecule has 0 bridgehead atoms. The zero-order chi connectivity index (χ0) is 16.2. The fraction of sp³-hybridized carbons (Fsp3) is 0.533. The number of nitro benzene ring substituents is 1. The molecule has 22 heavy (non-hydrogen) atoms. The van der Waals surface area contributed by atoms with Crippen LogP contribution in [0.5, 0.6) is 0 Å². The van der Waals surface area contributed by atoms with Gasteiger partial charge in [-0.25, -0.2) is 0 Å². The Bertz CT molecular complexity index is 554. The summed E-state index contributed by atoms with van der Waals surface area (Å²) in [6, 6.07) is 4.44. The third-order valence-corrected chi connectivity index (χ3v) is 3.93. The van der Waals surface area contributed by atoms with Crippen molar-refractivity contribution in [2.24, 2.45) is 0 Å². The Labute approximate surface area is 129 Å². The average Bonchev–Trinajstić information content (AvgIpc) is 2.53. The first-order valence-corrected chi connectivity index (χ1v) is 7.24. The van der Waals surface area contributed by atoms with Gasteiger partial charge >= 0.3 is 0 Å². The second-order valence-corrected chi connectivity index (χ2v) is 5.92. The molecule has 7 heteroatoms. The van der Waals surface area contributed by atoms with Crippen molar-refractivity contribution < 1.29 is 14.5 Å². The lowest BCUT2D eigenvalue weighted by Gasteiger charge is -2.41. The molecule has 0 aliphatic carbocycles. The monoisotopic (exact) mass is 307 g/mol. The highest BCUT2D eigenvalue weighted by Crippen LogP contribution is 2.26. The van der Waals surface area contributed by atoms with Crippen LogP contribution in [0.25, 0.3) is 0 Å². The number of anilines is 1. The Morgan fingerprint density at radius 2 is 2.09 bits per heavy atom. The molecule has 0 atom stereocenters. The molecule has 0 unspecified atom stereocenters. The molecule has 1 aromatic rings. The summed E-state index contributed by atoms with van der Waals surface area (Å²) in [5, 5.41) is 14.3. The van der Waals surface area contributed by atoms with Crippen molar-refractivity contribution in [2.45, 2.75) is 19.4 Å². The van der Waals surface area contributed by atoms with E-state index in [-0.39, 0.29) is 11.2 Å². The number of nitrogens with one attached hydrogen (secondary N) is 1. The first-order chi connectivity index (χ1) is 10.4. The molecule has 1 aliphatic heterocycles. The van der Waals surface area contributed by atoms with Gasteiger partial charge in [0.25, 0.3) is 5.69 Å². The SMILES string of the molecule is CC(C)(CNc1ccc(C=O)cc1[N+](=O)[O-])N1CCOCC1. The van der Waals surface area contributed by atoms with Crippen LogP contribution in [0.3, 0.4) is 0 Å². The van der Waals surface area contributed by atoms with Crippen LogP contribution in [0.2, 0.25) is 0 Å². The molecular weight excluding hydrogens is 286 g/mol. The standard InChI is InChI=1S/C15H21N3O4/c1-15(2,17-5-7-22-8-6-17)11-16-13-4-3-12(10-19)9-14(13)18(20)21/h3-4,9-10,16H,5-8,11H2,1-2H3. The van der Waals surface area contributed by atoms with Crippen LogP contribution >= 0.6 is 0 Å². The molecule has 0 amide bonds. The summed E-state index contributed by atoms with van der Waals surface area (Å²) in [5.41, 5.74) is 0.491. The number of carbonyl (C=O) groups excluding carboxylic acids is 1. The Morgan fingerprint density at radius 1 is 1.41 bits per heavy atom. The van der Waals surface area contributed by atoms with E-state index in [1.807, 2.05) is 0 Å². The van der Waals surface area contributed by atoms with Crippen LogP contribution < -0.4 is 5.32 Å². The molecule has 1 saturated heterocycles. The van der Waals surface area contributed by atoms with Crippen molar-refractivity contribution >= 4 is 17.7 Å². The highest BCUT2D eigenvalue weighted by Gasteiger charge is 2.28. The van der Waals surface area contributed by atoms with Crippen molar-refractivity contribution in [2.75, 3.05) is 38.2 Å². The molecule has 1 aromatic carbocycles. The van der Waals surface area contributed by atoms with E-state index in [1.165, 1.54) is 6.07 Å². The van der Waals surface area contributed by atoms with Crippen molar-refractivity contribution in [3.05, 3.63) is 33.9 Å². The first kappa shape index (κ1) is 16.4. The van der Waals surface area contributed by atoms with Crippen molar-refractivity contribution in [1.29, 1.82) is 0 Å². The van der Waals surface area contributed by atoms with Gasteiger partial charge in [-0.2, -0.15) is 0 Å². The lowest BCUT2D eigenvalue weighted by atomic mass is 10.0. The van der Waals surface area contributed by atoms with E-state index in [0.29, 0.717) is 37.3 Å². The van der Waals surface area contributed by atoms with Gasteiger partial charge in [-0.05, 0) is 26.0 Å². The van der Waals surface area contributed by atoms with E-state index in [2.05, 4.69) is 24.1 Å². The van der Waals surface area contributed by atoms with Crippen LogP contribution in [0.15, 0.2) is 18.2 Å². The Balaban J connectivity index is 2.09. The van der Waals surface area contributed by atoms with Gasteiger partial charge < -0.3 is 10.1 Å². The molecule has 0 spiro atoms. The predicted octanol–water partition coefficient (Wildman–Crippen LogP) is 1.93. The zero-order valence-electron chi connectivity index (χ0n) is 12.9. The molecule has 1 N–H and O–H groups in total. The molecule has 120 valence electrons. The summed E-state index contributed by atoms with van der Waals surface area (Å²) in [5.74, 6) is 0. The summed E-state index contributed by atoms with van der Waals surface area (Å²) in [7, 11) is 0. The van der Waals surface area contributed by atoms with Gasteiger partial charge in [0.15, 0.2) is 0 Å². The Kier molecular flexibility index (Phi) is 5.10. The van der Waals surface area contributed by atoms with Crippen LogP contribution in [-0.2, 0) is 4.74 Å². The third-order valence-electron chi connectivity index (χ3n) is 3.93. The van der Waals surface area contributed by atoms with Crippen LogP contribution in [0.4, 0.5) is 11.4 Å². The second kappa shape index (κ2) is 6.85. The topological polar surface area (TPSA) is 84.7 Å². The molecule has 1 aliphatic rings. The van der Waals surface area contributed by atoms with Crippen LogP contribution in [-0.4, -0.2) is 54.5 Å². The van der Waals surface area contributed by atoms with E-state index >= 15 is 0 Å². The minimum Gasteiger partial charge on any atom is -0.379 e. The maximum absolute atomic E-state index is 11.1. The summed E-state index contributed by atoms with van der Waals surface area (Å²) in [6.07, 6.45) is 0.606. The van der Waals surface area contributed by atoms with E-state index in [0.717, 1.165) is 13.1 Å². The molecule has 7 nitrogen and oxygen atoms in total. The zero-order valence-corrected chi connectivity index (χ0v) is 12.9. The van der Waals surface area contributed by atoms with Crippen molar-refractivity contribution in [3.63, 3.8) is 0 Å². The van der Waals surface area contributed by atoms with Crippen LogP contribution in [0, 0.1) is 10.1 Å². The fourth-order valence-electron chi connectivity index (χ4n) is 2.51. The Hall–Kier alpha value is -1.99. The number of hydrogen-bond acceptors (Lipinski definition) is 6. The van der Waals surface area contributed by atoms with E-state index in [4.69, 9.17) is 4.74 Å². The number of benzene rings is 1. The normalized spacial score (nSPS) is 16.3. The molecule has 0 aromatic heterocycles. The number of hydrogen-bond donors (Lipinski definition) is 1. The molecular formula is C15H21N3O4. The highest BCUT2D eigenvalue weighted by atomic mass is 16.6. The Morgan fingerprint density at radius 3 is 2.68 bits per heavy atom. The summed E-state index contributed by atoms with van der Waals surface area (Å²) in [6.45, 7) is 7.86. The third kappa shape index (κ3) is 3.80. The number of nitro groups is 1. The maximum atomic E-state index is 11.1. The lowest BCUT2D eigenvalue weighted by Crippen LogP contribution is -2.53. The van der Waals surface area contributed by atoms with E-state index in [1.54, 1.807) is 12.1 Å². The van der Waals surface area contributed by atoms with Gasteiger partial charge in [-0.3, -0.25) is 19.8 Å². The minimum absolute atomic E-state index is 0.0811. The van der Waals surface area contributed by atoms with Gasteiger partial charge in [0.05, 0.1) is 18.1 Å². The summed E-state index contributed by atoms with van der Waals surface area (Å²) >= 11 is 0. The van der Waals surface area contributed by atoms with Crippen molar-refractivity contribution in [1.82, 2.24) is 4.90 Å². The number of carbonyl (C=O) groups is 1. The van der Waals surface area contributed by atoms with Gasteiger partial charge in [-0.1, -0.05) is 0 Å². The molecule has 1 heterocycles. The number of morpholine rings is 1. The first-order valence-electron chi connectivity index (χ1n) is 7.24. The number of ether oxygens (including phenoxy) is 1. The van der Waals surface area contributed by atoms with Crippen LogP contribution in [0.1, 0.15) is 24.2 Å². The van der Waals surface area contributed by atoms with E-state index in [9.17, 15) is 14.9 Å². The number of aldehydes is 1. The van der Waals surface area contributed by atoms with Gasteiger partial charge in [0, 0.05) is 36.8 Å². The van der Waals surface area contributed by atoms with E-state index < -0.39 is 4.92 Å². The second-order valence-electron chi connectivity index (χ2n) is 5.92. The van der Waals surface area contributed by atoms with Gasteiger partial charge in [-0.15, -0.1) is 0 Å². The molecule has 1 fully saturated rings. The molecule has 0 saturated carbocycles. The predicted molar refractivity (Wildman–Crippen MR) is 83.4 cm³/mol. The number of nitrogens with zero attached hydrogens (tertiary/aromatic N) is 2. The smallest absolute Gasteiger partial charge is 0.293 e. The van der Waals surface area contributed by atoms with Crippen molar-refractivity contribution in [3.8, 4) is 0 Å². The fourth-order valence-corrected chi connectivity index (χ4v) is 2.51. The quantitative estimate of drug-likeness (QED) is 0.491. The van der Waals surface area contributed by atoms with Gasteiger partial charge in [0.1, 0.15) is 12.0 Å².